The SMILES string of the molecule is Cc1cccc([N+](=O)[O-])c1OCCCC(=N)N. The summed E-state index contributed by atoms with van der Waals surface area (Å²) in [4.78, 5) is 10.3. The second-order valence-electron chi connectivity index (χ2n) is 3.66. The predicted molar refractivity (Wildman–Crippen MR) is 64.5 cm³/mol. The zero-order valence-electron chi connectivity index (χ0n) is 9.60. The Morgan fingerprint density at radius 1 is 1.59 bits per heavy atom. The maximum Gasteiger partial charge on any atom is 0.311 e. The van der Waals surface area contributed by atoms with Gasteiger partial charge in [0.25, 0.3) is 0 Å². The Labute approximate surface area is 99.0 Å². The molecule has 1 aromatic carbocycles. The first-order chi connectivity index (χ1) is 8.02. The van der Waals surface area contributed by atoms with Crippen molar-refractivity contribution in [3.05, 3.63) is 33.9 Å². The van der Waals surface area contributed by atoms with Crippen LogP contribution in [-0.2, 0) is 0 Å². The minimum Gasteiger partial charge on any atom is -0.487 e. The van der Waals surface area contributed by atoms with Crippen LogP contribution in [0.2, 0.25) is 0 Å². The van der Waals surface area contributed by atoms with Crippen LogP contribution in [0.1, 0.15) is 18.4 Å². The summed E-state index contributed by atoms with van der Waals surface area (Å²) in [6, 6.07) is 4.79. The molecule has 92 valence electrons. The third-order valence-corrected chi connectivity index (χ3v) is 2.22. The molecule has 0 aliphatic heterocycles. The number of rotatable bonds is 6. The van der Waals surface area contributed by atoms with Crippen molar-refractivity contribution in [2.45, 2.75) is 19.8 Å². The van der Waals surface area contributed by atoms with Crippen molar-refractivity contribution in [3.8, 4) is 5.75 Å². The predicted octanol–water partition coefficient (Wildman–Crippen LogP) is 2.00. The number of para-hydroxylation sites is 1. The minimum atomic E-state index is -0.465. The molecule has 0 radical (unpaired) electrons. The summed E-state index contributed by atoms with van der Waals surface area (Å²) in [5, 5.41) is 17.8. The molecule has 1 rings (SSSR count). The lowest BCUT2D eigenvalue weighted by Crippen LogP contribution is -2.11. The zero-order valence-corrected chi connectivity index (χ0v) is 9.60. The van der Waals surface area contributed by atoms with E-state index in [1.165, 1.54) is 6.07 Å². The van der Waals surface area contributed by atoms with Crippen LogP contribution < -0.4 is 10.5 Å². The van der Waals surface area contributed by atoms with Crippen LogP contribution in [0.5, 0.6) is 5.75 Å². The van der Waals surface area contributed by atoms with Crippen molar-refractivity contribution in [3.63, 3.8) is 0 Å². The molecule has 0 spiro atoms. The standard InChI is InChI=1S/C11H15N3O3/c1-8-4-2-5-9(14(15)16)11(8)17-7-3-6-10(12)13/h2,4-5H,3,6-7H2,1H3,(H3,12,13). The molecule has 0 heterocycles. The third kappa shape index (κ3) is 3.75. The van der Waals surface area contributed by atoms with Gasteiger partial charge in [0.15, 0.2) is 5.75 Å². The average molecular weight is 237 g/mol. The van der Waals surface area contributed by atoms with E-state index >= 15 is 0 Å². The number of hydrogen-bond donors (Lipinski definition) is 2. The van der Waals surface area contributed by atoms with Gasteiger partial charge in [-0.15, -0.1) is 0 Å². The number of nitrogens with zero attached hydrogens (tertiary/aromatic N) is 1. The number of nitrogens with one attached hydrogen (secondary N) is 1. The van der Waals surface area contributed by atoms with E-state index < -0.39 is 4.92 Å². The van der Waals surface area contributed by atoms with Crippen molar-refractivity contribution in [1.82, 2.24) is 0 Å². The number of ether oxygens (including phenoxy) is 1. The molecule has 6 nitrogen and oxygen atoms in total. The van der Waals surface area contributed by atoms with Gasteiger partial charge in [0.2, 0.25) is 0 Å². The van der Waals surface area contributed by atoms with Gasteiger partial charge in [-0.3, -0.25) is 15.5 Å². The van der Waals surface area contributed by atoms with E-state index in [4.69, 9.17) is 15.9 Å². The topological polar surface area (TPSA) is 102 Å². The summed E-state index contributed by atoms with van der Waals surface area (Å²) in [7, 11) is 0. The van der Waals surface area contributed by atoms with Crippen LogP contribution in [0.3, 0.4) is 0 Å². The van der Waals surface area contributed by atoms with Gasteiger partial charge in [0.1, 0.15) is 0 Å². The normalized spacial score (nSPS) is 9.94. The maximum atomic E-state index is 10.8. The van der Waals surface area contributed by atoms with Crippen LogP contribution in [0.4, 0.5) is 5.69 Å². The summed E-state index contributed by atoms with van der Waals surface area (Å²) >= 11 is 0. The van der Waals surface area contributed by atoms with Crippen molar-refractivity contribution >= 4 is 11.5 Å². The van der Waals surface area contributed by atoms with Crippen molar-refractivity contribution < 1.29 is 9.66 Å². The highest BCUT2D eigenvalue weighted by Crippen LogP contribution is 2.30. The Morgan fingerprint density at radius 2 is 2.29 bits per heavy atom. The minimum absolute atomic E-state index is 0.0344. The van der Waals surface area contributed by atoms with E-state index in [9.17, 15) is 10.1 Å². The molecule has 0 unspecified atom stereocenters. The fourth-order valence-corrected chi connectivity index (χ4v) is 1.41. The summed E-state index contributed by atoms with van der Waals surface area (Å²) in [5.74, 6) is 0.383. The Hall–Kier alpha value is -2.11. The number of nitro groups is 1. The second-order valence-corrected chi connectivity index (χ2v) is 3.66. The smallest absolute Gasteiger partial charge is 0.311 e. The van der Waals surface area contributed by atoms with Crippen LogP contribution in [-0.4, -0.2) is 17.4 Å². The van der Waals surface area contributed by atoms with Gasteiger partial charge in [-0.05, 0) is 18.9 Å². The molecule has 17 heavy (non-hydrogen) atoms. The lowest BCUT2D eigenvalue weighted by Gasteiger charge is -2.08. The van der Waals surface area contributed by atoms with Crippen LogP contribution in [0, 0.1) is 22.4 Å². The van der Waals surface area contributed by atoms with E-state index in [1.54, 1.807) is 19.1 Å². The van der Waals surface area contributed by atoms with Gasteiger partial charge in [-0.1, -0.05) is 12.1 Å². The first kappa shape index (κ1) is 13.0. The van der Waals surface area contributed by atoms with Gasteiger partial charge in [-0.2, -0.15) is 0 Å². The molecule has 0 aliphatic carbocycles. The zero-order chi connectivity index (χ0) is 12.8. The number of amidine groups is 1. The Balaban J connectivity index is 2.69. The van der Waals surface area contributed by atoms with E-state index in [2.05, 4.69) is 0 Å². The number of aryl methyl sites for hydroxylation is 1. The molecule has 0 aromatic heterocycles. The van der Waals surface area contributed by atoms with Crippen molar-refractivity contribution in [2.24, 2.45) is 5.73 Å². The van der Waals surface area contributed by atoms with E-state index in [0.717, 1.165) is 5.56 Å². The number of nitrogens with two attached hydrogens (primary N) is 1. The van der Waals surface area contributed by atoms with E-state index in [-0.39, 0.29) is 11.5 Å². The second kappa shape index (κ2) is 5.83. The Bertz CT molecular complexity index is 432. The number of nitro benzene ring substituents is 1. The highest BCUT2D eigenvalue weighted by molar-refractivity contribution is 5.76. The first-order valence-corrected chi connectivity index (χ1v) is 5.22. The molecule has 0 fully saturated rings. The quantitative estimate of drug-likeness (QED) is 0.259. The fourth-order valence-electron chi connectivity index (χ4n) is 1.41. The van der Waals surface area contributed by atoms with Crippen LogP contribution >= 0.6 is 0 Å². The number of hydrogen-bond acceptors (Lipinski definition) is 4. The molecule has 0 atom stereocenters. The molecular formula is C11H15N3O3. The molecule has 0 saturated carbocycles. The third-order valence-electron chi connectivity index (χ3n) is 2.22. The maximum absolute atomic E-state index is 10.8. The molecular weight excluding hydrogens is 222 g/mol. The molecule has 0 amide bonds. The van der Waals surface area contributed by atoms with Crippen LogP contribution in [0.15, 0.2) is 18.2 Å². The Morgan fingerprint density at radius 3 is 2.88 bits per heavy atom. The Kier molecular flexibility index (Phi) is 4.45. The lowest BCUT2D eigenvalue weighted by molar-refractivity contribution is -0.385. The van der Waals surface area contributed by atoms with Crippen molar-refractivity contribution in [1.29, 1.82) is 5.41 Å². The molecule has 0 aliphatic rings. The largest absolute Gasteiger partial charge is 0.487 e. The highest BCUT2D eigenvalue weighted by Gasteiger charge is 2.16. The van der Waals surface area contributed by atoms with Gasteiger partial charge < -0.3 is 10.5 Å². The van der Waals surface area contributed by atoms with E-state index in [1.807, 2.05) is 0 Å². The van der Waals surface area contributed by atoms with Gasteiger partial charge in [-0.25, -0.2) is 0 Å². The van der Waals surface area contributed by atoms with Gasteiger partial charge >= 0.3 is 5.69 Å². The first-order valence-electron chi connectivity index (χ1n) is 5.22. The highest BCUT2D eigenvalue weighted by atomic mass is 16.6. The van der Waals surface area contributed by atoms with E-state index in [0.29, 0.717) is 25.2 Å². The summed E-state index contributed by atoms with van der Waals surface area (Å²) in [6.07, 6.45) is 1.00. The average Bonchev–Trinajstić information content (AvgIpc) is 2.25. The number of benzene rings is 1. The van der Waals surface area contributed by atoms with Crippen LogP contribution in [0.25, 0.3) is 0 Å². The monoisotopic (exact) mass is 237 g/mol. The van der Waals surface area contributed by atoms with Gasteiger partial charge in [0.05, 0.1) is 17.4 Å². The molecule has 0 bridgehead atoms. The van der Waals surface area contributed by atoms with Crippen molar-refractivity contribution in [2.75, 3.05) is 6.61 Å². The summed E-state index contributed by atoms with van der Waals surface area (Å²) in [6.45, 7) is 2.07. The molecule has 6 heteroatoms. The fraction of sp³-hybridized carbons (Fsp3) is 0.364. The molecule has 0 saturated heterocycles. The summed E-state index contributed by atoms with van der Waals surface area (Å²) in [5.41, 5.74) is 5.89. The molecule has 3 N–H and O–H groups in total. The van der Waals surface area contributed by atoms with Gasteiger partial charge in [0, 0.05) is 12.5 Å². The lowest BCUT2D eigenvalue weighted by atomic mass is 10.2. The molecule has 1 aromatic rings. The summed E-state index contributed by atoms with van der Waals surface area (Å²) < 4.78 is 5.39.